The number of para-hydroxylation sites is 2. The molecule has 1 heterocycles. The average Bonchev–Trinajstić information content (AvgIpc) is 2.89. The van der Waals surface area contributed by atoms with Gasteiger partial charge in [0.05, 0.1) is 22.6 Å². The predicted octanol–water partition coefficient (Wildman–Crippen LogP) is 4.90. The van der Waals surface area contributed by atoms with Gasteiger partial charge in [-0.25, -0.2) is 0 Å². The van der Waals surface area contributed by atoms with E-state index in [-0.39, 0.29) is 23.3 Å². The number of nitro benzene ring substituents is 2. The Kier molecular flexibility index (Phi) is 7.57. The molecule has 1 N–H and O–H groups in total. The Balaban J connectivity index is 1.60. The first-order chi connectivity index (χ1) is 17.0. The number of hydrogen-bond donors (Lipinski definition) is 1. The SMILES string of the molecule is COc1ccccc1N1CCNCC1CCC(c1ccc([N+](=O)[O-])cc1)c1ccc([N+](=O)[O-])cc1. The van der Waals surface area contributed by atoms with E-state index in [2.05, 4.69) is 16.3 Å². The van der Waals surface area contributed by atoms with E-state index in [1.807, 2.05) is 18.2 Å². The van der Waals surface area contributed by atoms with Gasteiger partial charge in [-0.3, -0.25) is 20.2 Å². The zero-order valence-corrected chi connectivity index (χ0v) is 19.5. The quantitative estimate of drug-likeness (QED) is 0.345. The van der Waals surface area contributed by atoms with Crippen LogP contribution in [-0.4, -0.2) is 42.6 Å². The van der Waals surface area contributed by atoms with Crippen molar-refractivity contribution in [1.29, 1.82) is 0 Å². The smallest absolute Gasteiger partial charge is 0.269 e. The molecule has 3 aromatic carbocycles. The molecule has 1 aliphatic rings. The lowest BCUT2D eigenvalue weighted by atomic mass is 9.85. The largest absolute Gasteiger partial charge is 0.495 e. The van der Waals surface area contributed by atoms with Gasteiger partial charge in [-0.2, -0.15) is 0 Å². The van der Waals surface area contributed by atoms with Crippen LogP contribution < -0.4 is 15.0 Å². The fraction of sp³-hybridized carbons (Fsp3) is 0.308. The number of benzene rings is 3. The summed E-state index contributed by atoms with van der Waals surface area (Å²) in [5.74, 6) is 0.778. The van der Waals surface area contributed by atoms with Gasteiger partial charge in [0.2, 0.25) is 0 Å². The first-order valence-electron chi connectivity index (χ1n) is 11.6. The van der Waals surface area contributed by atoms with E-state index >= 15 is 0 Å². The Morgan fingerprint density at radius 1 is 0.943 bits per heavy atom. The van der Waals surface area contributed by atoms with E-state index in [1.54, 1.807) is 31.4 Å². The molecule has 3 aromatic rings. The molecule has 1 unspecified atom stereocenters. The van der Waals surface area contributed by atoms with E-state index in [4.69, 9.17) is 4.74 Å². The molecule has 0 spiro atoms. The topological polar surface area (TPSA) is 111 Å². The van der Waals surface area contributed by atoms with E-state index in [0.717, 1.165) is 55.0 Å². The number of nitrogens with one attached hydrogen (secondary N) is 1. The molecule has 0 saturated carbocycles. The molecule has 9 nitrogen and oxygen atoms in total. The number of non-ortho nitro benzene ring substituents is 2. The van der Waals surface area contributed by atoms with Gasteiger partial charge in [-0.15, -0.1) is 0 Å². The van der Waals surface area contributed by atoms with Crippen molar-refractivity contribution < 1.29 is 14.6 Å². The van der Waals surface area contributed by atoms with Crippen molar-refractivity contribution in [1.82, 2.24) is 5.32 Å². The van der Waals surface area contributed by atoms with Crippen molar-refractivity contribution in [3.63, 3.8) is 0 Å². The molecule has 1 aliphatic heterocycles. The highest BCUT2D eigenvalue weighted by Gasteiger charge is 2.26. The molecule has 0 amide bonds. The van der Waals surface area contributed by atoms with Crippen LogP contribution in [0.4, 0.5) is 17.1 Å². The molecule has 0 bridgehead atoms. The fourth-order valence-electron chi connectivity index (χ4n) is 4.74. The third-order valence-electron chi connectivity index (χ3n) is 6.55. The summed E-state index contributed by atoms with van der Waals surface area (Å²) >= 11 is 0. The summed E-state index contributed by atoms with van der Waals surface area (Å²) in [4.78, 5) is 23.8. The number of nitrogens with zero attached hydrogens (tertiary/aromatic N) is 3. The number of ether oxygens (including phenoxy) is 1. The second kappa shape index (κ2) is 11.0. The molecular formula is C26H28N4O5. The molecule has 35 heavy (non-hydrogen) atoms. The highest BCUT2D eigenvalue weighted by molar-refractivity contribution is 5.59. The maximum Gasteiger partial charge on any atom is 0.269 e. The first kappa shape index (κ1) is 24.2. The van der Waals surface area contributed by atoms with Crippen LogP contribution in [0, 0.1) is 20.2 Å². The Hall–Kier alpha value is -3.98. The maximum atomic E-state index is 11.1. The number of piperazine rings is 1. The van der Waals surface area contributed by atoms with E-state index in [1.165, 1.54) is 24.3 Å². The van der Waals surface area contributed by atoms with Gasteiger partial charge in [0.25, 0.3) is 11.4 Å². The lowest BCUT2D eigenvalue weighted by Crippen LogP contribution is -2.51. The summed E-state index contributed by atoms with van der Waals surface area (Å²) in [5.41, 5.74) is 3.02. The number of methoxy groups -OCH3 is 1. The zero-order valence-electron chi connectivity index (χ0n) is 19.5. The van der Waals surface area contributed by atoms with E-state index in [9.17, 15) is 20.2 Å². The number of hydrogen-bond acceptors (Lipinski definition) is 7. The molecule has 1 fully saturated rings. The number of rotatable bonds is 9. The second-order valence-corrected chi connectivity index (χ2v) is 8.55. The molecule has 9 heteroatoms. The minimum atomic E-state index is -0.413. The Morgan fingerprint density at radius 2 is 1.51 bits per heavy atom. The van der Waals surface area contributed by atoms with Gasteiger partial charge in [0.1, 0.15) is 5.75 Å². The zero-order chi connectivity index (χ0) is 24.8. The van der Waals surface area contributed by atoms with Gasteiger partial charge in [0, 0.05) is 55.9 Å². The molecular weight excluding hydrogens is 448 g/mol. The summed E-state index contributed by atoms with van der Waals surface area (Å²) in [6.07, 6.45) is 1.62. The summed E-state index contributed by atoms with van der Waals surface area (Å²) in [5, 5.41) is 25.7. The fourth-order valence-corrected chi connectivity index (χ4v) is 4.74. The number of nitro groups is 2. The van der Waals surface area contributed by atoms with Crippen molar-refractivity contribution in [2.45, 2.75) is 24.8 Å². The third kappa shape index (κ3) is 5.58. The van der Waals surface area contributed by atoms with Crippen LogP contribution in [0.2, 0.25) is 0 Å². The Morgan fingerprint density at radius 3 is 2.06 bits per heavy atom. The highest BCUT2D eigenvalue weighted by Crippen LogP contribution is 2.35. The van der Waals surface area contributed by atoms with Crippen LogP contribution in [-0.2, 0) is 0 Å². The minimum absolute atomic E-state index is 0.0371. The van der Waals surface area contributed by atoms with Crippen LogP contribution in [0.1, 0.15) is 29.9 Å². The van der Waals surface area contributed by atoms with Gasteiger partial charge in [-0.05, 0) is 36.1 Å². The molecule has 0 aromatic heterocycles. The summed E-state index contributed by atoms with van der Waals surface area (Å²) in [6.45, 7) is 2.55. The summed E-state index contributed by atoms with van der Waals surface area (Å²) in [7, 11) is 1.68. The van der Waals surface area contributed by atoms with Crippen LogP contribution in [0.15, 0.2) is 72.8 Å². The maximum absolute atomic E-state index is 11.1. The Labute approximate surface area is 203 Å². The first-order valence-corrected chi connectivity index (χ1v) is 11.6. The van der Waals surface area contributed by atoms with Crippen LogP contribution >= 0.6 is 0 Å². The summed E-state index contributed by atoms with van der Waals surface area (Å²) < 4.78 is 5.60. The van der Waals surface area contributed by atoms with Crippen LogP contribution in [0.3, 0.4) is 0 Å². The van der Waals surface area contributed by atoms with Crippen molar-refractivity contribution in [2.24, 2.45) is 0 Å². The van der Waals surface area contributed by atoms with Crippen LogP contribution in [0.5, 0.6) is 5.75 Å². The average molecular weight is 477 g/mol. The predicted molar refractivity (Wildman–Crippen MR) is 134 cm³/mol. The molecule has 1 saturated heterocycles. The van der Waals surface area contributed by atoms with Gasteiger partial charge in [0.15, 0.2) is 0 Å². The van der Waals surface area contributed by atoms with Crippen molar-refractivity contribution in [2.75, 3.05) is 31.6 Å². The molecule has 0 aliphatic carbocycles. The summed E-state index contributed by atoms with van der Waals surface area (Å²) in [6, 6.07) is 21.4. The second-order valence-electron chi connectivity index (χ2n) is 8.55. The standard InChI is InChI=1S/C26H28N4O5/c1-35-26-5-3-2-4-25(26)28-17-16-27-18-23(28)14-15-24(19-6-10-21(11-7-19)29(31)32)20-8-12-22(13-9-20)30(33)34/h2-13,23-24,27H,14-18H2,1H3. The Bertz CT molecular complexity index is 1110. The molecule has 182 valence electrons. The van der Waals surface area contributed by atoms with Crippen LogP contribution in [0.25, 0.3) is 0 Å². The van der Waals surface area contributed by atoms with Gasteiger partial charge in [-0.1, -0.05) is 36.4 Å². The molecule has 0 radical (unpaired) electrons. The van der Waals surface area contributed by atoms with E-state index < -0.39 is 9.85 Å². The lowest BCUT2D eigenvalue weighted by Gasteiger charge is -2.39. The number of anilines is 1. The monoisotopic (exact) mass is 476 g/mol. The van der Waals surface area contributed by atoms with Crippen molar-refractivity contribution >= 4 is 17.1 Å². The molecule has 4 rings (SSSR count). The normalized spacial score (nSPS) is 15.7. The van der Waals surface area contributed by atoms with Crippen molar-refractivity contribution in [3.8, 4) is 5.75 Å². The van der Waals surface area contributed by atoms with Gasteiger partial charge < -0.3 is 15.0 Å². The van der Waals surface area contributed by atoms with Crippen molar-refractivity contribution in [3.05, 3.63) is 104 Å². The third-order valence-corrected chi connectivity index (χ3v) is 6.55. The van der Waals surface area contributed by atoms with Gasteiger partial charge >= 0.3 is 0 Å². The minimum Gasteiger partial charge on any atom is -0.495 e. The highest BCUT2D eigenvalue weighted by atomic mass is 16.6. The lowest BCUT2D eigenvalue weighted by molar-refractivity contribution is -0.385. The van der Waals surface area contributed by atoms with E-state index in [0.29, 0.717) is 0 Å². The molecule has 1 atom stereocenters.